The van der Waals surface area contributed by atoms with E-state index in [0.29, 0.717) is 18.0 Å². The second-order valence-electron chi connectivity index (χ2n) is 4.98. The number of fused-ring (bicyclic) bond motifs is 3. The van der Waals surface area contributed by atoms with Crippen LogP contribution in [0.5, 0.6) is 0 Å². The highest BCUT2D eigenvalue weighted by atomic mass is 15.0. The Labute approximate surface area is 90.9 Å². The number of hydrogen-bond acceptors (Lipinski definition) is 2. The van der Waals surface area contributed by atoms with Crippen LogP contribution in [0.1, 0.15) is 19.8 Å². The Morgan fingerprint density at radius 1 is 1.40 bits per heavy atom. The fourth-order valence-electron chi connectivity index (χ4n) is 3.05. The van der Waals surface area contributed by atoms with Gasteiger partial charge in [-0.05, 0) is 25.3 Å². The second kappa shape index (κ2) is 3.32. The minimum Gasteiger partial charge on any atom is -0.326 e. The van der Waals surface area contributed by atoms with Gasteiger partial charge in [0.15, 0.2) is 0 Å². The SMILES string of the molecule is CC1=CC=C2C(C1)NC1C(N)CC=CC21. The van der Waals surface area contributed by atoms with Gasteiger partial charge in [0.1, 0.15) is 0 Å². The fourth-order valence-corrected chi connectivity index (χ4v) is 3.05. The Morgan fingerprint density at radius 3 is 3.13 bits per heavy atom. The van der Waals surface area contributed by atoms with Crippen LogP contribution in [0.15, 0.2) is 35.5 Å². The van der Waals surface area contributed by atoms with Crippen molar-refractivity contribution in [3.05, 3.63) is 35.5 Å². The maximum absolute atomic E-state index is 6.15. The molecule has 0 aromatic carbocycles. The highest BCUT2D eigenvalue weighted by Crippen LogP contribution is 2.37. The molecule has 1 fully saturated rings. The molecule has 1 heterocycles. The molecule has 0 aromatic rings. The molecular formula is C13H18N2. The standard InChI is InChI=1S/C13H18N2/c1-8-5-6-9-10-3-2-4-11(14)13(10)15-12(9)7-8/h2-3,5-6,10-13,15H,4,7,14H2,1H3. The summed E-state index contributed by atoms with van der Waals surface area (Å²) in [6.07, 6.45) is 11.3. The Hall–Kier alpha value is -0.860. The van der Waals surface area contributed by atoms with E-state index >= 15 is 0 Å². The Bertz CT molecular complexity index is 365. The van der Waals surface area contributed by atoms with Crippen LogP contribution in [-0.2, 0) is 0 Å². The molecule has 2 heteroatoms. The molecule has 0 radical (unpaired) electrons. The van der Waals surface area contributed by atoms with Crippen LogP contribution in [0.3, 0.4) is 0 Å². The Balaban J connectivity index is 1.95. The number of allylic oxidation sites excluding steroid dienone is 2. The third-order valence-electron chi connectivity index (χ3n) is 3.87. The van der Waals surface area contributed by atoms with Gasteiger partial charge in [-0.15, -0.1) is 0 Å². The number of hydrogen-bond donors (Lipinski definition) is 2. The third kappa shape index (κ3) is 1.40. The summed E-state index contributed by atoms with van der Waals surface area (Å²) in [5.41, 5.74) is 9.15. The smallest absolute Gasteiger partial charge is 0.0329 e. The second-order valence-corrected chi connectivity index (χ2v) is 4.98. The highest BCUT2D eigenvalue weighted by Gasteiger charge is 2.41. The van der Waals surface area contributed by atoms with E-state index in [9.17, 15) is 0 Å². The van der Waals surface area contributed by atoms with Crippen LogP contribution in [0.25, 0.3) is 0 Å². The molecule has 1 aliphatic heterocycles. The highest BCUT2D eigenvalue weighted by molar-refractivity contribution is 5.38. The van der Waals surface area contributed by atoms with Crippen LogP contribution < -0.4 is 11.1 Å². The van der Waals surface area contributed by atoms with Gasteiger partial charge in [-0.1, -0.05) is 29.9 Å². The van der Waals surface area contributed by atoms with Crippen molar-refractivity contribution in [3.8, 4) is 0 Å². The van der Waals surface area contributed by atoms with Crippen molar-refractivity contribution >= 4 is 0 Å². The molecular weight excluding hydrogens is 184 g/mol. The first kappa shape index (κ1) is 9.37. The van der Waals surface area contributed by atoms with Gasteiger partial charge in [0.2, 0.25) is 0 Å². The van der Waals surface area contributed by atoms with Crippen LogP contribution in [0.4, 0.5) is 0 Å². The maximum atomic E-state index is 6.15. The van der Waals surface area contributed by atoms with Gasteiger partial charge in [0.25, 0.3) is 0 Å². The number of rotatable bonds is 0. The lowest BCUT2D eigenvalue weighted by Crippen LogP contribution is -2.47. The third-order valence-corrected chi connectivity index (χ3v) is 3.87. The zero-order valence-electron chi connectivity index (χ0n) is 9.11. The van der Waals surface area contributed by atoms with E-state index in [1.807, 2.05) is 0 Å². The van der Waals surface area contributed by atoms with Gasteiger partial charge in [0, 0.05) is 24.0 Å². The molecule has 0 aromatic heterocycles. The minimum absolute atomic E-state index is 0.284. The quantitative estimate of drug-likeness (QED) is 0.584. The molecule has 80 valence electrons. The van der Waals surface area contributed by atoms with Crippen LogP contribution >= 0.6 is 0 Å². The van der Waals surface area contributed by atoms with E-state index < -0.39 is 0 Å². The normalized spacial score (nSPS) is 43.1. The molecule has 2 nitrogen and oxygen atoms in total. The van der Waals surface area contributed by atoms with Gasteiger partial charge in [-0.2, -0.15) is 0 Å². The van der Waals surface area contributed by atoms with Crippen molar-refractivity contribution < 1.29 is 0 Å². The molecule has 3 aliphatic rings. The summed E-state index contributed by atoms with van der Waals surface area (Å²) >= 11 is 0. The van der Waals surface area contributed by atoms with Crippen LogP contribution in [0.2, 0.25) is 0 Å². The van der Waals surface area contributed by atoms with Gasteiger partial charge in [-0.3, -0.25) is 0 Å². The van der Waals surface area contributed by atoms with Crippen molar-refractivity contribution in [1.29, 1.82) is 0 Å². The summed E-state index contributed by atoms with van der Waals surface area (Å²) in [6, 6.07) is 1.29. The maximum Gasteiger partial charge on any atom is 0.0329 e. The molecule has 15 heavy (non-hydrogen) atoms. The number of nitrogens with two attached hydrogens (primary N) is 1. The molecule has 1 saturated heterocycles. The zero-order valence-corrected chi connectivity index (χ0v) is 9.11. The topological polar surface area (TPSA) is 38.0 Å². The largest absolute Gasteiger partial charge is 0.326 e. The average molecular weight is 202 g/mol. The lowest BCUT2D eigenvalue weighted by molar-refractivity contribution is 0.411. The molecule has 0 amide bonds. The lowest BCUT2D eigenvalue weighted by atomic mass is 9.82. The van der Waals surface area contributed by atoms with Gasteiger partial charge >= 0.3 is 0 Å². The van der Waals surface area contributed by atoms with Crippen molar-refractivity contribution in [2.45, 2.75) is 37.9 Å². The van der Waals surface area contributed by atoms with Crippen LogP contribution in [-0.4, -0.2) is 18.1 Å². The molecule has 4 atom stereocenters. The molecule has 0 bridgehead atoms. The molecule has 0 spiro atoms. The first-order valence-electron chi connectivity index (χ1n) is 5.81. The van der Waals surface area contributed by atoms with E-state index in [0.717, 1.165) is 12.8 Å². The Kier molecular flexibility index (Phi) is 2.08. The first-order valence-corrected chi connectivity index (χ1v) is 5.81. The number of nitrogens with one attached hydrogen (secondary N) is 1. The van der Waals surface area contributed by atoms with E-state index in [-0.39, 0.29) is 6.04 Å². The first-order chi connectivity index (χ1) is 7.25. The monoisotopic (exact) mass is 202 g/mol. The average Bonchev–Trinajstić information content (AvgIpc) is 2.57. The molecule has 3 rings (SSSR count). The van der Waals surface area contributed by atoms with E-state index in [2.05, 4.69) is 36.5 Å². The summed E-state index contributed by atoms with van der Waals surface area (Å²) in [5, 5.41) is 3.69. The molecule has 2 aliphatic carbocycles. The van der Waals surface area contributed by atoms with Crippen LogP contribution in [0, 0.1) is 5.92 Å². The predicted octanol–water partition coefficient (Wildman–Crippen LogP) is 1.51. The summed E-state index contributed by atoms with van der Waals surface area (Å²) < 4.78 is 0. The van der Waals surface area contributed by atoms with E-state index in [1.54, 1.807) is 0 Å². The minimum atomic E-state index is 0.284. The van der Waals surface area contributed by atoms with Gasteiger partial charge in [0.05, 0.1) is 0 Å². The van der Waals surface area contributed by atoms with E-state index in [4.69, 9.17) is 5.73 Å². The zero-order chi connectivity index (χ0) is 10.4. The lowest BCUT2D eigenvalue weighted by Gasteiger charge is -2.26. The predicted molar refractivity (Wildman–Crippen MR) is 62.4 cm³/mol. The summed E-state index contributed by atoms with van der Waals surface area (Å²) in [6.45, 7) is 2.20. The van der Waals surface area contributed by atoms with Crippen molar-refractivity contribution in [1.82, 2.24) is 5.32 Å². The van der Waals surface area contributed by atoms with Crippen molar-refractivity contribution in [3.63, 3.8) is 0 Å². The molecule has 3 N–H and O–H groups in total. The fraction of sp³-hybridized carbons (Fsp3) is 0.538. The van der Waals surface area contributed by atoms with Gasteiger partial charge < -0.3 is 11.1 Å². The van der Waals surface area contributed by atoms with Crippen molar-refractivity contribution in [2.24, 2.45) is 11.7 Å². The van der Waals surface area contributed by atoms with Crippen molar-refractivity contribution in [2.75, 3.05) is 0 Å². The summed E-state index contributed by atoms with van der Waals surface area (Å²) in [4.78, 5) is 0. The van der Waals surface area contributed by atoms with E-state index in [1.165, 1.54) is 11.1 Å². The Morgan fingerprint density at radius 2 is 2.27 bits per heavy atom. The summed E-state index contributed by atoms with van der Waals surface area (Å²) in [5.74, 6) is 0.545. The molecule has 0 saturated carbocycles. The summed E-state index contributed by atoms with van der Waals surface area (Å²) in [7, 11) is 0. The molecule has 4 unspecified atom stereocenters. The van der Waals surface area contributed by atoms with Gasteiger partial charge in [-0.25, -0.2) is 0 Å².